The first-order valence-electron chi connectivity index (χ1n) is 11.0. The van der Waals surface area contributed by atoms with Gasteiger partial charge in [0.25, 0.3) is 0 Å². The van der Waals surface area contributed by atoms with Crippen LogP contribution in [0.3, 0.4) is 0 Å². The lowest BCUT2D eigenvalue weighted by atomic mass is 9.82. The molecule has 0 aliphatic carbocycles. The number of rotatable bonds is 9. The van der Waals surface area contributed by atoms with Crippen molar-refractivity contribution in [2.45, 2.75) is 103 Å². The van der Waals surface area contributed by atoms with Crippen LogP contribution < -0.4 is 5.32 Å². The predicted octanol–water partition coefficient (Wildman–Crippen LogP) is 4.13. The molecule has 1 heterocycles. The summed E-state index contributed by atoms with van der Waals surface area (Å²) < 4.78 is 6.40. The zero-order valence-electron chi connectivity index (χ0n) is 19.0. The number of nitrogens with one attached hydrogen (secondary N) is 1. The largest absolute Gasteiger partial charge is 0.396 e. The Morgan fingerprint density at radius 1 is 1.03 bits per heavy atom. The molecule has 4 atom stereocenters. The van der Waals surface area contributed by atoms with Crippen molar-refractivity contribution >= 4 is 5.91 Å². The van der Waals surface area contributed by atoms with Crippen LogP contribution in [0, 0.1) is 0 Å². The fourth-order valence-corrected chi connectivity index (χ4v) is 4.25. The van der Waals surface area contributed by atoms with Crippen molar-refractivity contribution in [1.82, 2.24) is 5.32 Å². The highest BCUT2D eigenvalue weighted by Crippen LogP contribution is 2.38. The Morgan fingerprint density at radius 2 is 1.59 bits per heavy atom. The van der Waals surface area contributed by atoms with E-state index >= 15 is 0 Å². The van der Waals surface area contributed by atoms with Crippen molar-refractivity contribution < 1.29 is 19.7 Å². The van der Waals surface area contributed by atoms with Crippen LogP contribution in [0.15, 0.2) is 12.1 Å². The van der Waals surface area contributed by atoms with Gasteiger partial charge in [0.15, 0.2) is 0 Å². The molecule has 1 aliphatic heterocycles. The summed E-state index contributed by atoms with van der Waals surface area (Å²) in [5, 5.41) is 22.3. The Balaban J connectivity index is 2.40. The maximum absolute atomic E-state index is 12.0. The van der Waals surface area contributed by atoms with Gasteiger partial charge in [-0.05, 0) is 53.4 Å². The fraction of sp³-hybridized carbons (Fsp3) is 0.708. The van der Waals surface area contributed by atoms with Crippen molar-refractivity contribution in [2.24, 2.45) is 0 Å². The number of amides is 1. The molecule has 0 radical (unpaired) electrons. The Hall–Kier alpha value is -1.43. The van der Waals surface area contributed by atoms with Gasteiger partial charge in [0, 0.05) is 6.61 Å². The van der Waals surface area contributed by atoms with Gasteiger partial charge in [-0.3, -0.25) is 4.79 Å². The number of aliphatic hydroxyl groups is 2. The molecule has 164 valence electrons. The lowest BCUT2D eigenvalue weighted by Gasteiger charge is -2.31. The minimum atomic E-state index is -0.818. The average molecular weight is 406 g/mol. The molecule has 5 nitrogen and oxygen atoms in total. The van der Waals surface area contributed by atoms with Crippen LogP contribution in [-0.4, -0.2) is 41.0 Å². The van der Waals surface area contributed by atoms with Crippen molar-refractivity contribution in [2.75, 3.05) is 6.61 Å². The smallest absolute Gasteiger partial charge is 0.223 e. The first kappa shape index (κ1) is 23.8. The highest BCUT2D eigenvalue weighted by atomic mass is 16.5. The van der Waals surface area contributed by atoms with E-state index in [9.17, 15) is 9.90 Å². The minimum Gasteiger partial charge on any atom is -0.396 e. The van der Waals surface area contributed by atoms with E-state index < -0.39 is 18.2 Å². The van der Waals surface area contributed by atoms with E-state index in [2.05, 4.69) is 59.0 Å². The van der Waals surface area contributed by atoms with E-state index in [1.54, 1.807) is 0 Å². The standard InChI is InChI=1S/C24H39NO4/c1-13(2)17-10-18(14(3)4)23(19(11-17)15(5)6)16(7)29-21-12-22(28)25-24(21)20(27)8-9-26/h10-11,13-16,20-21,24,26-27H,8-9,12H2,1-7H3,(H,25,28)/t16-,20?,21+,24+/m0/s1. The summed E-state index contributed by atoms with van der Waals surface area (Å²) in [5.41, 5.74) is 5.12. The zero-order valence-corrected chi connectivity index (χ0v) is 19.0. The molecular formula is C24H39NO4. The van der Waals surface area contributed by atoms with Crippen LogP contribution in [0.5, 0.6) is 0 Å². The van der Waals surface area contributed by atoms with Crippen LogP contribution in [0.25, 0.3) is 0 Å². The maximum Gasteiger partial charge on any atom is 0.223 e. The molecule has 1 amide bonds. The average Bonchev–Trinajstić information content (AvgIpc) is 3.00. The predicted molar refractivity (Wildman–Crippen MR) is 116 cm³/mol. The van der Waals surface area contributed by atoms with E-state index in [1.807, 2.05) is 6.92 Å². The third-order valence-electron chi connectivity index (χ3n) is 5.92. The first-order valence-corrected chi connectivity index (χ1v) is 11.0. The van der Waals surface area contributed by atoms with Gasteiger partial charge < -0.3 is 20.3 Å². The van der Waals surface area contributed by atoms with E-state index in [0.717, 1.165) is 0 Å². The van der Waals surface area contributed by atoms with E-state index in [4.69, 9.17) is 9.84 Å². The van der Waals surface area contributed by atoms with E-state index in [0.29, 0.717) is 17.8 Å². The molecular weight excluding hydrogens is 366 g/mol. The lowest BCUT2D eigenvalue weighted by molar-refractivity contribution is -0.120. The van der Waals surface area contributed by atoms with Crippen LogP contribution in [0.4, 0.5) is 0 Å². The summed E-state index contributed by atoms with van der Waals surface area (Å²) in [7, 11) is 0. The SMILES string of the molecule is CC(C)c1cc(C(C)C)c([C@H](C)O[C@@H]2CC(=O)N[C@@H]2C(O)CCO)c(C(C)C)c1. The molecule has 3 N–H and O–H groups in total. The van der Waals surface area contributed by atoms with Crippen molar-refractivity contribution in [3.63, 3.8) is 0 Å². The third-order valence-corrected chi connectivity index (χ3v) is 5.92. The third kappa shape index (κ3) is 5.59. The van der Waals surface area contributed by atoms with Gasteiger partial charge in [0.2, 0.25) is 5.91 Å². The summed E-state index contributed by atoms with van der Waals surface area (Å²) in [6, 6.07) is 4.11. The molecule has 1 aromatic carbocycles. The Labute approximate surface area is 175 Å². The molecule has 0 bridgehead atoms. The number of aliphatic hydroxyl groups excluding tert-OH is 2. The summed E-state index contributed by atoms with van der Waals surface area (Å²) in [6.07, 6.45) is -0.982. The van der Waals surface area contributed by atoms with Gasteiger partial charge in [-0.25, -0.2) is 0 Å². The molecule has 1 aromatic rings. The first-order chi connectivity index (χ1) is 13.6. The Kier molecular flexibility index (Phi) is 8.27. The lowest BCUT2D eigenvalue weighted by Crippen LogP contribution is -2.44. The molecule has 0 spiro atoms. The number of benzene rings is 1. The van der Waals surface area contributed by atoms with Gasteiger partial charge >= 0.3 is 0 Å². The molecule has 2 rings (SSSR count). The maximum atomic E-state index is 12.0. The molecule has 1 saturated heterocycles. The summed E-state index contributed by atoms with van der Waals surface area (Å²) in [6.45, 7) is 15.2. The summed E-state index contributed by atoms with van der Waals surface area (Å²) in [4.78, 5) is 12.0. The number of carbonyl (C=O) groups is 1. The molecule has 1 fully saturated rings. The highest BCUT2D eigenvalue weighted by Gasteiger charge is 2.39. The number of carbonyl (C=O) groups excluding carboxylic acids is 1. The van der Waals surface area contributed by atoms with Gasteiger partial charge in [-0.2, -0.15) is 0 Å². The van der Waals surface area contributed by atoms with Crippen molar-refractivity contribution in [1.29, 1.82) is 0 Å². The van der Waals surface area contributed by atoms with E-state index in [-0.39, 0.29) is 31.5 Å². The highest BCUT2D eigenvalue weighted by molar-refractivity contribution is 5.79. The molecule has 5 heteroatoms. The second kappa shape index (κ2) is 10.1. The van der Waals surface area contributed by atoms with Crippen LogP contribution in [-0.2, 0) is 9.53 Å². The topological polar surface area (TPSA) is 78.8 Å². The monoisotopic (exact) mass is 405 g/mol. The Bertz CT molecular complexity index is 669. The summed E-state index contributed by atoms with van der Waals surface area (Å²) >= 11 is 0. The van der Waals surface area contributed by atoms with Gasteiger partial charge in [0.05, 0.1) is 30.8 Å². The van der Waals surface area contributed by atoms with Crippen molar-refractivity contribution in [3.05, 3.63) is 34.4 Å². The summed E-state index contributed by atoms with van der Waals surface area (Å²) in [5.74, 6) is 1.04. The molecule has 29 heavy (non-hydrogen) atoms. The van der Waals surface area contributed by atoms with Gasteiger partial charge in [0.1, 0.15) is 0 Å². The minimum absolute atomic E-state index is 0.118. The number of ether oxygens (including phenoxy) is 1. The zero-order chi connectivity index (χ0) is 21.9. The molecule has 1 unspecified atom stereocenters. The Morgan fingerprint density at radius 3 is 2.03 bits per heavy atom. The van der Waals surface area contributed by atoms with E-state index in [1.165, 1.54) is 22.3 Å². The van der Waals surface area contributed by atoms with Crippen molar-refractivity contribution in [3.8, 4) is 0 Å². The molecule has 0 aromatic heterocycles. The van der Waals surface area contributed by atoms with Crippen LogP contribution in [0.2, 0.25) is 0 Å². The van der Waals surface area contributed by atoms with Gasteiger partial charge in [-0.1, -0.05) is 53.7 Å². The second-order valence-electron chi connectivity index (χ2n) is 9.27. The fourth-order valence-electron chi connectivity index (χ4n) is 4.25. The molecule has 1 aliphatic rings. The molecule has 0 saturated carbocycles. The second-order valence-corrected chi connectivity index (χ2v) is 9.27. The van der Waals surface area contributed by atoms with Crippen LogP contribution in [0.1, 0.15) is 107 Å². The van der Waals surface area contributed by atoms with Crippen LogP contribution >= 0.6 is 0 Å². The quantitative estimate of drug-likeness (QED) is 0.577. The van der Waals surface area contributed by atoms with Gasteiger partial charge in [-0.15, -0.1) is 0 Å². The number of hydrogen-bond acceptors (Lipinski definition) is 4. The normalized spacial score (nSPS) is 21.9. The number of hydrogen-bond donors (Lipinski definition) is 3.